The van der Waals surface area contributed by atoms with Crippen LogP contribution in [-0.4, -0.2) is 75.1 Å². The van der Waals surface area contributed by atoms with Gasteiger partial charge in [0.05, 0.1) is 24.1 Å². The minimum absolute atomic E-state index is 0.156. The molecule has 10 heteroatoms. The summed E-state index contributed by atoms with van der Waals surface area (Å²) in [6, 6.07) is 9.36. The van der Waals surface area contributed by atoms with E-state index in [1.807, 2.05) is 49.9 Å². The van der Waals surface area contributed by atoms with Gasteiger partial charge in [-0.15, -0.1) is 0 Å². The van der Waals surface area contributed by atoms with E-state index in [9.17, 15) is 14.9 Å². The van der Waals surface area contributed by atoms with Crippen LogP contribution in [0, 0.1) is 18.3 Å². The second kappa shape index (κ2) is 8.67. The molecular formula is C25H27N7O3. The van der Waals surface area contributed by atoms with Gasteiger partial charge in [0, 0.05) is 25.7 Å². The molecule has 0 saturated carbocycles. The summed E-state index contributed by atoms with van der Waals surface area (Å²) >= 11 is 0. The molecule has 0 aliphatic carbocycles. The van der Waals surface area contributed by atoms with Crippen LogP contribution in [0.25, 0.3) is 22.3 Å². The van der Waals surface area contributed by atoms with Crippen molar-refractivity contribution in [1.29, 1.82) is 5.26 Å². The fourth-order valence-electron chi connectivity index (χ4n) is 4.79. The Bertz CT molecular complexity index is 1370. The first-order valence-corrected chi connectivity index (χ1v) is 11.6. The van der Waals surface area contributed by atoms with Crippen LogP contribution in [0.15, 0.2) is 30.6 Å². The number of carbonyl (C=O) groups excluding carboxylic acids is 2. The van der Waals surface area contributed by atoms with E-state index in [0.717, 1.165) is 29.7 Å². The number of carbonyl (C=O) groups is 2. The van der Waals surface area contributed by atoms with Crippen molar-refractivity contribution in [2.24, 2.45) is 7.05 Å². The molecule has 3 amide bonds. The molecule has 2 aromatic heterocycles. The quantitative estimate of drug-likeness (QED) is 0.565. The highest BCUT2D eigenvalue weighted by Crippen LogP contribution is 2.30. The average molecular weight is 474 g/mol. The van der Waals surface area contributed by atoms with E-state index in [1.165, 1.54) is 4.90 Å². The number of pyridine rings is 1. The van der Waals surface area contributed by atoms with Gasteiger partial charge < -0.3 is 19.5 Å². The fraction of sp³-hybridized carbons (Fsp3) is 0.400. The lowest BCUT2D eigenvalue weighted by Crippen LogP contribution is -2.54. The van der Waals surface area contributed by atoms with Crippen molar-refractivity contribution < 1.29 is 14.3 Å². The van der Waals surface area contributed by atoms with Gasteiger partial charge in [0.2, 0.25) is 0 Å². The third kappa shape index (κ3) is 3.98. The molecule has 2 aliphatic heterocycles. The Morgan fingerprint density at radius 1 is 1.20 bits per heavy atom. The van der Waals surface area contributed by atoms with Gasteiger partial charge in [-0.05, 0) is 56.6 Å². The second-order valence-electron chi connectivity index (χ2n) is 9.29. The second-order valence-corrected chi connectivity index (χ2v) is 9.29. The van der Waals surface area contributed by atoms with Crippen LogP contribution in [0.3, 0.4) is 0 Å². The van der Waals surface area contributed by atoms with E-state index < -0.39 is 5.54 Å². The van der Waals surface area contributed by atoms with Crippen molar-refractivity contribution in [1.82, 2.24) is 29.7 Å². The molecule has 10 nitrogen and oxygen atoms in total. The Hall–Kier alpha value is -3.97. The maximum Gasteiger partial charge on any atom is 0.325 e. The SMILES string of the molecule is Cc1cc(-c2cc3c(ncn3C)c(C#N)n2)ccc1OCCN1C(=O)NC2(CCN(C)CC2)C1=O. The number of rotatable bonds is 5. The minimum atomic E-state index is -0.772. The Morgan fingerprint density at radius 2 is 1.97 bits per heavy atom. The number of imide groups is 1. The van der Waals surface area contributed by atoms with Crippen molar-refractivity contribution in [3.05, 3.63) is 41.9 Å². The number of nitriles is 1. The number of likely N-dealkylation sites (tertiary alicyclic amines) is 1. The number of piperidine rings is 1. The predicted octanol–water partition coefficient (Wildman–Crippen LogP) is 2.21. The highest BCUT2D eigenvalue weighted by atomic mass is 16.5. The van der Waals surface area contributed by atoms with Crippen molar-refractivity contribution in [2.45, 2.75) is 25.3 Å². The largest absolute Gasteiger partial charge is 0.491 e. The van der Waals surface area contributed by atoms with Crippen LogP contribution in [0.1, 0.15) is 24.1 Å². The number of hydrogen-bond donors (Lipinski definition) is 1. The van der Waals surface area contributed by atoms with Gasteiger partial charge in [-0.25, -0.2) is 14.8 Å². The molecule has 2 aliphatic rings. The van der Waals surface area contributed by atoms with Crippen LogP contribution in [0.2, 0.25) is 0 Å². The van der Waals surface area contributed by atoms with Gasteiger partial charge in [-0.2, -0.15) is 5.26 Å². The first kappa shape index (κ1) is 22.8. The van der Waals surface area contributed by atoms with Crippen LogP contribution in [0.5, 0.6) is 5.75 Å². The summed E-state index contributed by atoms with van der Waals surface area (Å²) in [5, 5.41) is 12.4. The molecule has 5 rings (SSSR count). The van der Waals surface area contributed by atoms with Crippen molar-refractivity contribution >= 4 is 23.0 Å². The third-order valence-corrected chi connectivity index (χ3v) is 6.95. The number of ether oxygens (including phenoxy) is 1. The standard InChI is InChI=1S/C25H27N7O3/c1-16-12-17(18-13-20-22(19(14-26)28-18)27-15-31(20)3)4-5-21(16)35-11-10-32-23(33)25(29-24(32)34)6-8-30(2)9-7-25/h4-5,12-13,15H,6-11H2,1-3H3,(H,29,34). The number of nitrogens with zero attached hydrogens (tertiary/aromatic N) is 6. The van der Waals surface area contributed by atoms with Crippen molar-refractivity contribution in [3.63, 3.8) is 0 Å². The summed E-state index contributed by atoms with van der Waals surface area (Å²) in [4.78, 5) is 37.7. The van der Waals surface area contributed by atoms with E-state index in [2.05, 4.69) is 26.3 Å². The molecule has 1 N–H and O–H groups in total. The number of amides is 3. The number of fused-ring (bicyclic) bond motifs is 1. The van der Waals surface area contributed by atoms with Crippen molar-refractivity contribution in [3.8, 4) is 23.1 Å². The lowest BCUT2D eigenvalue weighted by atomic mass is 9.88. The smallest absolute Gasteiger partial charge is 0.325 e. The van der Waals surface area contributed by atoms with E-state index in [0.29, 0.717) is 29.8 Å². The zero-order valence-electron chi connectivity index (χ0n) is 20.0. The van der Waals surface area contributed by atoms with E-state index in [1.54, 1.807) is 6.33 Å². The topological polar surface area (TPSA) is 116 Å². The zero-order chi connectivity index (χ0) is 24.7. The average Bonchev–Trinajstić information content (AvgIpc) is 3.33. The molecule has 3 aromatic rings. The van der Waals surface area contributed by atoms with Gasteiger partial charge in [0.15, 0.2) is 5.69 Å². The summed E-state index contributed by atoms with van der Waals surface area (Å²) in [5.41, 5.74) is 3.34. The first-order valence-electron chi connectivity index (χ1n) is 11.6. The lowest BCUT2D eigenvalue weighted by Gasteiger charge is -2.35. The molecule has 4 heterocycles. The van der Waals surface area contributed by atoms with Crippen LogP contribution < -0.4 is 10.1 Å². The monoisotopic (exact) mass is 473 g/mol. The van der Waals surface area contributed by atoms with E-state index in [4.69, 9.17) is 4.74 Å². The Morgan fingerprint density at radius 3 is 2.69 bits per heavy atom. The van der Waals surface area contributed by atoms with Gasteiger partial charge in [-0.3, -0.25) is 9.69 Å². The molecule has 180 valence electrons. The van der Waals surface area contributed by atoms with Gasteiger partial charge in [0.25, 0.3) is 5.91 Å². The molecule has 2 saturated heterocycles. The molecular weight excluding hydrogens is 446 g/mol. The Labute approximate surface area is 203 Å². The summed E-state index contributed by atoms with van der Waals surface area (Å²) in [5.74, 6) is 0.508. The number of benzene rings is 1. The maximum absolute atomic E-state index is 13.0. The normalized spacial score (nSPS) is 17.7. The van der Waals surface area contributed by atoms with Gasteiger partial charge in [0.1, 0.15) is 29.5 Å². The Kier molecular flexibility index (Phi) is 5.65. The maximum atomic E-state index is 13.0. The number of hydrogen-bond acceptors (Lipinski definition) is 7. The number of nitrogens with one attached hydrogen (secondary N) is 1. The molecule has 1 aromatic carbocycles. The fourth-order valence-corrected chi connectivity index (χ4v) is 4.79. The van der Waals surface area contributed by atoms with Gasteiger partial charge >= 0.3 is 6.03 Å². The highest BCUT2D eigenvalue weighted by molar-refractivity contribution is 6.07. The molecule has 0 unspecified atom stereocenters. The zero-order valence-corrected chi connectivity index (χ0v) is 20.0. The molecule has 0 radical (unpaired) electrons. The van der Waals surface area contributed by atoms with Crippen molar-refractivity contribution in [2.75, 3.05) is 33.3 Å². The van der Waals surface area contributed by atoms with E-state index in [-0.39, 0.29) is 30.8 Å². The molecule has 0 atom stereocenters. The van der Waals surface area contributed by atoms with E-state index >= 15 is 0 Å². The predicted molar refractivity (Wildman–Crippen MR) is 129 cm³/mol. The first-order chi connectivity index (χ1) is 16.8. The molecule has 0 bridgehead atoms. The van der Waals surface area contributed by atoms with Gasteiger partial charge in [-0.1, -0.05) is 0 Å². The number of aromatic nitrogens is 3. The number of urea groups is 1. The lowest BCUT2D eigenvalue weighted by molar-refractivity contribution is -0.133. The molecule has 35 heavy (non-hydrogen) atoms. The molecule has 2 fully saturated rings. The third-order valence-electron chi connectivity index (χ3n) is 6.95. The molecule has 1 spiro atoms. The summed E-state index contributed by atoms with van der Waals surface area (Å²) < 4.78 is 7.79. The van der Waals surface area contributed by atoms with Crippen LogP contribution >= 0.6 is 0 Å². The minimum Gasteiger partial charge on any atom is -0.491 e. The Balaban J connectivity index is 1.27. The summed E-state index contributed by atoms with van der Waals surface area (Å²) in [7, 11) is 3.89. The number of aryl methyl sites for hydroxylation is 2. The number of imidazole rings is 1. The summed E-state index contributed by atoms with van der Waals surface area (Å²) in [6.45, 7) is 3.87. The highest BCUT2D eigenvalue weighted by Gasteiger charge is 2.51. The summed E-state index contributed by atoms with van der Waals surface area (Å²) in [6.07, 6.45) is 2.91. The van der Waals surface area contributed by atoms with Crippen LogP contribution in [-0.2, 0) is 11.8 Å². The van der Waals surface area contributed by atoms with Crippen LogP contribution in [0.4, 0.5) is 4.79 Å².